The molecule has 0 unspecified atom stereocenters. The number of imidazole rings is 1. The van der Waals surface area contributed by atoms with Crippen molar-refractivity contribution >= 4 is 17.6 Å². The van der Waals surface area contributed by atoms with E-state index in [9.17, 15) is 9.90 Å². The summed E-state index contributed by atoms with van der Waals surface area (Å²) in [5, 5.41) is 9.48. The van der Waals surface area contributed by atoms with Crippen LogP contribution in [0.1, 0.15) is 35.9 Å². The summed E-state index contributed by atoms with van der Waals surface area (Å²) in [7, 11) is 0. The molecule has 0 aliphatic heterocycles. The summed E-state index contributed by atoms with van der Waals surface area (Å²) >= 11 is 5.96. The molecule has 0 bridgehead atoms. The Kier molecular flexibility index (Phi) is 3.39. The number of hydrogen-bond acceptors (Lipinski definition) is 2. The Morgan fingerprint density at radius 2 is 2.17 bits per heavy atom. The van der Waals surface area contributed by atoms with Crippen LogP contribution in [0.25, 0.3) is 5.69 Å². The number of benzene rings is 1. The zero-order valence-electron chi connectivity index (χ0n) is 10.1. The van der Waals surface area contributed by atoms with Gasteiger partial charge in [-0.1, -0.05) is 31.5 Å². The number of halogens is 1. The minimum absolute atomic E-state index is 0.0964. The Balaban J connectivity index is 2.68. The Labute approximate surface area is 110 Å². The third-order valence-corrected chi connectivity index (χ3v) is 2.97. The SMILES string of the molecule is CC(C)c1nccn1-c1cccc(Cl)c1C(=O)O. The summed E-state index contributed by atoms with van der Waals surface area (Å²) < 4.78 is 1.76. The number of aromatic carboxylic acids is 1. The van der Waals surface area contributed by atoms with Gasteiger partial charge in [0.05, 0.1) is 10.7 Å². The van der Waals surface area contributed by atoms with Crippen molar-refractivity contribution in [2.24, 2.45) is 0 Å². The van der Waals surface area contributed by atoms with Gasteiger partial charge in [0.25, 0.3) is 0 Å². The second kappa shape index (κ2) is 4.82. The van der Waals surface area contributed by atoms with E-state index in [0.717, 1.165) is 5.82 Å². The number of carboxylic acids is 1. The third-order valence-electron chi connectivity index (χ3n) is 2.65. The zero-order chi connectivity index (χ0) is 13.3. The average Bonchev–Trinajstić information content (AvgIpc) is 2.76. The lowest BCUT2D eigenvalue weighted by Crippen LogP contribution is -2.09. The summed E-state index contributed by atoms with van der Waals surface area (Å²) in [6, 6.07) is 5.03. The van der Waals surface area contributed by atoms with Crippen molar-refractivity contribution in [1.82, 2.24) is 9.55 Å². The van der Waals surface area contributed by atoms with E-state index >= 15 is 0 Å². The van der Waals surface area contributed by atoms with Crippen molar-refractivity contribution in [3.63, 3.8) is 0 Å². The predicted octanol–water partition coefficient (Wildman–Crippen LogP) is 3.35. The van der Waals surface area contributed by atoms with Crippen LogP contribution in [0, 0.1) is 0 Å². The maximum Gasteiger partial charge on any atom is 0.339 e. The molecule has 0 atom stereocenters. The maximum atomic E-state index is 11.3. The highest BCUT2D eigenvalue weighted by molar-refractivity contribution is 6.34. The first-order valence-electron chi connectivity index (χ1n) is 5.57. The first-order chi connectivity index (χ1) is 8.52. The van der Waals surface area contributed by atoms with E-state index in [1.165, 1.54) is 0 Å². The normalized spacial score (nSPS) is 10.9. The van der Waals surface area contributed by atoms with Gasteiger partial charge in [0, 0.05) is 18.3 Å². The molecule has 1 aromatic carbocycles. The van der Waals surface area contributed by atoms with Gasteiger partial charge in [0.2, 0.25) is 0 Å². The van der Waals surface area contributed by atoms with Crippen LogP contribution in [0.15, 0.2) is 30.6 Å². The maximum absolute atomic E-state index is 11.3. The van der Waals surface area contributed by atoms with Gasteiger partial charge < -0.3 is 9.67 Å². The van der Waals surface area contributed by atoms with E-state index in [4.69, 9.17) is 11.6 Å². The van der Waals surface area contributed by atoms with Gasteiger partial charge in [-0.2, -0.15) is 0 Å². The molecule has 1 N–H and O–H groups in total. The summed E-state index contributed by atoms with van der Waals surface area (Å²) in [5.41, 5.74) is 0.635. The molecule has 0 fully saturated rings. The lowest BCUT2D eigenvalue weighted by Gasteiger charge is -2.13. The monoisotopic (exact) mass is 264 g/mol. The first-order valence-corrected chi connectivity index (χ1v) is 5.95. The molecule has 18 heavy (non-hydrogen) atoms. The molecule has 0 aliphatic rings. The molecule has 0 spiro atoms. The van der Waals surface area contributed by atoms with Crippen LogP contribution < -0.4 is 0 Å². The third kappa shape index (κ3) is 2.11. The van der Waals surface area contributed by atoms with E-state index < -0.39 is 5.97 Å². The first kappa shape index (κ1) is 12.6. The van der Waals surface area contributed by atoms with Crippen LogP contribution in [-0.4, -0.2) is 20.6 Å². The molecule has 2 aromatic rings. The van der Waals surface area contributed by atoms with Gasteiger partial charge in [-0.3, -0.25) is 0 Å². The minimum Gasteiger partial charge on any atom is -0.478 e. The summed E-state index contributed by atoms with van der Waals surface area (Å²) in [6.07, 6.45) is 3.40. The van der Waals surface area contributed by atoms with Gasteiger partial charge in [0.1, 0.15) is 11.4 Å². The number of hydrogen-bond donors (Lipinski definition) is 1. The molecule has 2 rings (SSSR count). The predicted molar refractivity (Wildman–Crippen MR) is 69.6 cm³/mol. The highest BCUT2D eigenvalue weighted by Crippen LogP contribution is 2.26. The largest absolute Gasteiger partial charge is 0.478 e. The number of rotatable bonds is 3. The molecule has 0 saturated carbocycles. The second-order valence-corrected chi connectivity index (χ2v) is 4.66. The average molecular weight is 265 g/mol. The summed E-state index contributed by atoms with van der Waals surface area (Å²) in [4.78, 5) is 15.5. The van der Waals surface area contributed by atoms with Crippen LogP contribution in [0.2, 0.25) is 5.02 Å². The van der Waals surface area contributed by atoms with E-state index in [1.807, 2.05) is 13.8 Å². The summed E-state index contributed by atoms with van der Waals surface area (Å²) in [6.45, 7) is 4.01. The van der Waals surface area contributed by atoms with Crippen molar-refractivity contribution in [3.05, 3.63) is 47.0 Å². The van der Waals surface area contributed by atoms with Gasteiger partial charge in [-0.25, -0.2) is 9.78 Å². The molecule has 0 radical (unpaired) electrons. The lowest BCUT2D eigenvalue weighted by molar-refractivity contribution is 0.0697. The Hall–Kier alpha value is -1.81. The molecule has 0 saturated heterocycles. The molecular weight excluding hydrogens is 252 g/mol. The topological polar surface area (TPSA) is 55.1 Å². The van der Waals surface area contributed by atoms with Crippen molar-refractivity contribution in [3.8, 4) is 5.69 Å². The van der Waals surface area contributed by atoms with E-state index in [2.05, 4.69) is 4.98 Å². The smallest absolute Gasteiger partial charge is 0.339 e. The molecule has 0 aliphatic carbocycles. The molecule has 4 nitrogen and oxygen atoms in total. The Morgan fingerprint density at radius 1 is 1.44 bits per heavy atom. The summed E-state index contributed by atoms with van der Waals surface area (Å²) in [5.74, 6) is -0.0422. The van der Waals surface area contributed by atoms with Gasteiger partial charge >= 0.3 is 5.97 Å². The number of carbonyl (C=O) groups is 1. The van der Waals surface area contributed by atoms with Gasteiger partial charge in [-0.05, 0) is 12.1 Å². The van der Waals surface area contributed by atoms with Gasteiger partial charge in [0.15, 0.2) is 0 Å². The van der Waals surface area contributed by atoms with Crippen molar-refractivity contribution in [2.45, 2.75) is 19.8 Å². The lowest BCUT2D eigenvalue weighted by atomic mass is 10.1. The van der Waals surface area contributed by atoms with Crippen molar-refractivity contribution in [1.29, 1.82) is 0 Å². The standard InChI is InChI=1S/C13H13ClN2O2/c1-8(2)12-15-6-7-16(12)10-5-3-4-9(14)11(10)13(17)18/h3-8H,1-2H3,(H,17,18). The molecule has 1 heterocycles. The van der Waals surface area contributed by atoms with E-state index in [0.29, 0.717) is 5.69 Å². The van der Waals surface area contributed by atoms with Crippen molar-refractivity contribution in [2.75, 3.05) is 0 Å². The zero-order valence-corrected chi connectivity index (χ0v) is 10.8. The van der Waals surface area contributed by atoms with Crippen LogP contribution in [0.5, 0.6) is 0 Å². The highest BCUT2D eigenvalue weighted by Gasteiger charge is 2.18. The highest BCUT2D eigenvalue weighted by atomic mass is 35.5. The molecular formula is C13H13ClN2O2. The van der Waals surface area contributed by atoms with E-state index in [-0.39, 0.29) is 16.5 Å². The number of carboxylic acid groups (broad SMARTS) is 1. The van der Waals surface area contributed by atoms with Gasteiger partial charge in [-0.15, -0.1) is 0 Å². The quantitative estimate of drug-likeness (QED) is 0.925. The number of nitrogens with zero attached hydrogens (tertiary/aromatic N) is 2. The van der Waals surface area contributed by atoms with Crippen molar-refractivity contribution < 1.29 is 9.90 Å². The fraction of sp³-hybridized carbons (Fsp3) is 0.231. The van der Waals surface area contributed by atoms with E-state index in [1.54, 1.807) is 35.2 Å². The Bertz CT molecular complexity index is 590. The van der Waals surface area contributed by atoms with Crippen LogP contribution in [0.4, 0.5) is 0 Å². The molecule has 5 heteroatoms. The molecule has 0 amide bonds. The molecule has 1 aromatic heterocycles. The molecule has 94 valence electrons. The van der Waals surface area contributed by atoms with Crippen LogP contribution in [-0.2, 0) is 0 Å². The fourth-order valence-corrected chi connectivity index (χ4v) is 2.12. The second-order valence-electron chi connectivity index (χ2n) is 4.25. The Morgan fingerprint density at radius 3 is 2.78 bits per heavy atom. The van der Waals surface area contributed by atoms with Crippen LogP contribution >= 0.6 is 11.6 Å². The minimum atomic E-state index is -1.04. The number of aromatic nitrogens is 2. The fourth-order valence-electron chi connectivity index (χ4n) is 1.87. The van der Waals surface area contributed by atoms with Crippen LogP contribution in [0.3, 0.4) is 0 Å².